The third kappa shape index (κ3) is 2.96. The van der Waals surface area contributed by atoms with E-state index < -0.39 is 0 Å². The highest BCUT2D eigenvalue weighted by Gasteiger charge is 2.29. The number of carbonyl (C=O) groups excluding carboxylic acids is 1. The highest BCUT2D eigenvalue weighted by Crippen LogP contribution is 2.19. The lowest BCUT2D eigenvalue weighted by molar-refractivity contribution is 0.0271. The Balaban J connectivity index is 2.06. The number of anilines is 1. The van der Waals surface area contributed by atoms with Crippen molar-refractivity contribution in [3.05, 3.63) is 24.0 Å². The Morgan fingerprint density at radius 2 is 2.44 bits per heavy atom. The van der Waals surface area contributed by atoms with Crippen molar-refractivity contribution in [1.82, 2.24) is 10.3 Å². The molecule has 1 fully saturated rings. The van der Waals surface area contributed by atoms with E-state index in [0.29, 0.717) is 18.0 Å². The number of nitrogens with one attached hydrogen (secondary N) is 2. The van der Waals surface area contributed by atoms with Crippen molar-refractivity contribution in [2.45, 2.75) is 25.3 Å². The van der Waals surface area contributed by atoms with Crippen molar-refractivity contribution in [2.24, 2.45) is 5.84 Å². The molecule has 0 radical (unpaired) electrons. The quantitative estimate of drug-likeness (QED) is 0.542. The average Bonchev–Trinajstić information content (AvgIpc) is 2.39. The van der Waals surface area contributed by atoms with Crippen LogP contribution in [-0.4, -0.2) is 29.6 Å². The molecule has 6 heteroatoms. The maximum absolute atomic E-state index is 12.1. The Kier molecular flexibility index (Phi) is 3.78. The Hall–Kier alpha value is -1.66. The zero-order valence-electron chi connectivity index (χ0n) is 10.4. The first-order valence-corrected chi connectivity index (χ1v) is 5.96. The number of pyridine rings is 1. The van der Waals surface area contributed by atoms with Crippen molar-refractivity contribution < 1.29 is 9.53 Å². The van der Waals surface area contributed by atoms with Crippen LogP contribution in [-0.2, 0) is 4.74 Å². The molecule has 18 heavy (non-hydrogen) atoms. The van der Waals surface area contributed by atoms with E-state index in [0.717, 1.165) is 19.4 Å². The summed E-state index contributed by atoms with van der Waals surface area (Å²) >= 11 is 0. The summed E-state index contributed by atoms with van der Waals surface area (Å²) in [6.07, 6.45) is 3.41. The van der Waals surface area contributed by atoms with Gasteiger partial charge in [0.1, 0.15) is 5.69 Å². The minimum Gasteiger partial charge on any atom is -0.379 e. The van der Waals surface area contributed by atoms with E-state index in [1.807, 2.05) is 6.92 Å². The number of carbonyl (C=O) groups is 1. The number of aromatic nitrogens is 1. The number of hydrogen-bond donors (Lipinski definition) is 3. The monoisotopic (exact) mass is 250 g/mol. The van der Waals surface area contributed by atoms with Gasteiger partial charge in [-0.05, 0) is 31.9 Å². The van der Waals surface area contributed by atoms with Crippen molar-refractivity contribution in [3.8, 4) is 0 Å². The second-order valence-corrected chi connectivity index (χ2v) is 4.75. The summed E-state index contributed by atoms with van der Waals surface area (Å²) in [5, 5.41) is 2.97. The molecule has 4 N–H and O–H groups in total. The molecule has 2 rings (SSSR count). The predicted molar refractivity (Wildman–Crippen MR) is 68.0 cm³/mol. The molecule has 0 bridgehead atoms. The molecule has 1 saturated heterocycles. The Labute approximate surface area is 106 Å². The molecule has 0 aromatic carbocycles. The lowest BCUT2D eigenvalue weighted by atomic mass is 9.95. The van der Waals surface area contributed by atoms with Crippen LogP contribution >= 0.6 is 0 Å². The fourth-order valence-corrected chi connectivity index (χ4v) is 2.02. The first kappa shape index (κ1) is 12.8. The van der Waals surface area contributed by atoms with Crippen LogP contribution < -0.4 is 16.6 Å². The third-order valence-corrected chi connectivity index (χ3v) is 3.01. The fourth-order valence-electron chi connectivity index (χ4n) is 2.02. The second kappa shape index (κ2) is 5.32. The molecular formula is C12H18N4O2. The van der Waals surface area contributed by atoms with E-state index in [1.54, 1.807) is 18.3 Å². The maximum Gasteiger partial charge on any atom is 0.270 e. The standard InChI is InChI=1S/C12H18N4O2/c1-12(4-2-6-18-8-12)15-11(17)10-7-9(16-13)3-5-14-10/h3,5,7H,2,4,6,8,13H2,1H3,(H,14,16)(H,15,17). The highest BCUT2D eigenvalue weighted by atomic mass is 16.5. The molecule has 0 aliphatic carbocycles. The highest BCUT2D eigenvalue weighted by molar-refractivity contribution is 5.93. The van der Waals surface area contributed by atoms with Gasteiger partial charge in [0.15, 0.2) is 0 Å². The van der Waals surface area contributed by atoms with Crippen LogP contribution in [0, 0.1) is 0 Å². The van der Waals surface area contributed by atoms with E-state index in [2.05, 4.69) is 15.7 Å². The predicted octanol–water partition coefficient (Wildman–Crippen LogP) is 0.666. The van der Waals surface area contributed by atoms with Gasteiger partial charge in [-0.3, -0.25) is 15.6 Å². The lowest BCUT2D eigenvalue weighted by Gasteiger charge is -2.34. The van der Waals surface area contributed by atoms with E-state index in [4.69, 9.17) is 10.6 Å². The van der Waals surface area contributed by atoms with Gasteiger partial charge in [0, 0.05) is 12.8 Å². The lowest BCUT2D eigenvalue weighted by Crippen LogP contribution is -2.51. The van der Waals surface area contributed by atoms with Crippen LogP contribution in [0.5, 0.6) is 0 Å². The van der Waals surface area contributed by atoms with Gasteiger partial charge in [-0.2, -0.15) is 0 Å². The van der Waals surface area contributed by atoms with Gasteiger partial charge in [-0.15, -0.1) is 0 Å². The molecule has 1 aromatic heterocycles. The molecule has 6 nitrogen and oxygen atoms in total. The van der Waals surface area contributed by atoms with E-state index in [1.165, 1.54) is 0 Å². The summed E-state index contributed by atoms with van der Waals surface area (Å²) in [7, 11) is 0. The Bertz CT molecular complexity index is 430. The van der Waals surface area contributed by atoms with Crippen LogP contribution in [0.15, 0.2) is 18.3 Å². The number of hydrogen-bond acceptors (Lipinski definition) is 5. The number of nitrogens with zero attached hydrogens (tertiary/aromatic N) is 1. The largest absolute Gasteiger partial charge is 0.379 e. The maximum atomic E-state index is 12.1. The molecule has 1 atom stereocenters. The molecule has 1 aliphatic heterocycles. The van der Waals surface area contributed by atoms with Crippen molar-refractivity contribution >= 4 is 11.6 Å². The zero-order chi connectivity index (χ0) is 13.0. The van der Waals surface area contributed by atoms with Crippen LogP contribution in [0.25, 0.3) is 0 Å². The van der Waals surface area contributed by atoms with E-state index >= 15 is 0 Å². The molecule has 1 unspecified atom stereocenters. The summed E-state index contributed by atoms with van der Waals surface area (Å²) in [6.45, 7) is 3.28. The van der Waals surface area contributed by atoms with Crippen molar-refractivity contribution in [1.29, 1.82) is 0 Å². The number of hydrazine groups is 1. The normalized spacial score (nSPS) is 23.4. The SMILES string of the molecule is CC1(NC(=O)c2cc(NN)ccn2)CCCOC1. The minimum absolute atomic E-state index is 0.208. The molecule has 2 heterocycles. The van der Waals surface area contributed by atoms with Crippen LogP contribution in [0.2, 0.25) is 0 Å². The van der Waals surface area contributed by atoms with Gasteiger partial charge in [-0.25, -0.2) is 0 Å². The van der Waals surface area contributed by atoms with Crippen LogP contribution in [0.4, 0.5) is 5.69 Å². The zero-order valence-corrected chi connectivity index (χ0v) is 10.4. The number of nitrogen functional groups attached to an aromatic ring is 1. The fraction of sp³-hybridized carbons (Fsp3) is 0.500. The van der Waals surface area contributed by atoms with Gasteiger partial charge in [0.2, 0.25) is 0 Å². The number of amides is 1. The summed E-state index contributed by atoms with van der Waals surface area (Å²) in [4.78, 5) is 16.1. The smallest absolute Gasteiger partial charge is 0.270 e. The Morgan fingerprint density at radius 3 is 3.11 bits per heavy atom. The average molecular weight is 250 g/mol. The number of ether oxygens (including phenoxy) is 1. The third-order valence-electron chi connectivity index (χ3n) is 3.01. The summed E-state index contributed by atoms with van der Waals surface area (Å²) in [5.74, 6) is 5.09. The topological polar surface area (TPSA) is 89.3 Å². The van der Waals surface area contributed by atoms with Gasteiger partial charge in [0.25, 0.3) is 5.91 Å². The van der Waals surface area contributed by atoms with Gasteiger partial charge >= 0.3 is 0 Å². The molecule has 0 saturated carbocycles. The van der Waals surface area contributed by atoms with E-state index in [-0.39, 0.29) is 11.4 Å². The second-order valence-electron chi connectivity index (χ2n) is 4.75. The molecular weight excluding hydrogens is 232 g/mol. The summed E-state index contributed by atoms with van der Waals surface area (Å²) < 4.78 is 5.40. The van der Waals surface area contributed by atoms with Gasteiger partial charge in [0.05, 0.1) is 17.8 Å². The molecule has 1 amide bonds. The number of nitrogens with two attached hydrogens (primary N) is 1. The van der Waals surface area contributed by atoms with Gasteiger partial charge in [-0.1, -0.05) is 0 Å². The summed E-state index contributed by atoms with van der Waals surface area (Å²) in [6, 6.07) is 3.31. The summed E-state index contributed by atoms with van der Waals surface area (Å²) in [5.41, 5.74) is 3.17. The first-order chi connectivity index (χ1) is 8.63. The Morgan fingerprint density at radius 1 is 1.61 bits per heavy atom. The van der Waals surface area contributed by atoms with Crippen LogP contribution in [0.3, 0.4) is 0 Å². The number of rotatable bonds is 3. The minimum atomic E-state index is -0.316. The molecule has 0 spiro atoms. The van der Waals surface area contributed by atoms with E-state index in [9.17, 15) is 4.79 Å². The van der Waals surface area contributed by atoms with Crippen LogP contribution in [0.1, 0.15) is 30.3 Å². The molecule has 98 valence electrons. The molecule has 1 aliphatic rings. The first-order valence-electron chi connectivity index (χ1n) is 5.96. The molecule has 1 aromatic rings. The van der Waals surface area contributed by atoms with Gasteiger partial charge < -0.3 is 15.5 Å². The van der Waals surface area contributed by atoms with Crippen molar-refractivity contribution in [2.75, 3.05) is 18.6 Å². The van der Waals surface area contributed by atoms with Crippen molar-refractivity contribution in [3.63, 3.8) is 0 Å².